The molecule has 156 valence electrons. The fraction of sp³-hybridized carbons (Fsp3) is 0.833. The van der Waals surface area contributed by atoms with Gasteiger partial charge >= 0.3 is 27.9 Å². The Morgan fingerprint density at radius 3 is 1.19 bits per heavy atom. The first-order chi connectivity index (χ1) is 10.9. The van der Waals surface area contributed by atoms with E-state index in [0.717, 1.165) is 0 Å². The maximum Gasteiger partial charge on any atom is 0.466 e. The van der Waals surface area contributed by atoms with E-state index in [4.69, 9.17) is 0 Å². The van der Waals surface area contributed by atoms with Gasteiger partial charge in [-0.1, -0.05) is 0 Å². The first kappa shape index (κ1) is 23.1. The van der Waals surface area contributed by atoms with Crippen molar-refractivity contribution in [2.45, 2.75) is 27.9 Å². The summed E-state index contributed by atoms with van der Waals surface area (Å²) in [5.41, 5.74) is 0. The number of rotatable bonds is 2. The number of alkyl halides is 11. The predicted octanol–water partition coefficient (Wildman–Crippen LogP) is 1.67. The molecule has 1 rings (SSSR count). The van der Waals surface area contributed by atoms with Crippen molar-refractivity contribution in [2.75, 3.05) is 0 Å². The summed E-state index contributed by atoms with van der Waals surface area (Å²) < 4.78 is 203. The van der Waals surface area contributed by atoms with Crippen LogP contribution in [0.2, 0.25) is 0 Å². The molecule has 0 saturated carbocycles. The Balaban J connectivity index is 4.12. The Hall–Kier alpha value is -0.920. The maximum absolute atomic E-state index is 13.2. The van der Waals surface area contributed by atoms with Gasteiger partial charge in [0.15, 0.2) is 0 Å². The molecule has 0 aromatic carbocycles. The van der Waals surface area contributed by atoms with E-state index in [-0.39, 0.29) is 0 Å². The van der Waals surface area contributed by atoms with Gasteiger partial charge in [-0.25, -0.2) is 0 Å². The van der Waals surface area contributed by atoms with Crippen LogP contribution >= 0.6 is 0 Å². The predicted molar refractivity (Wildman–Crippen MR) is 55.8 cm³/mol. The lowest BCUT2D eigenvalue weighted by Crippen LogP contribution is -2.69. The molecule has 0 atom stereocenters. The van der Waals surface area contributed by atoms with Crippen LogP contribution < -0.4 is 0 Å². The molecular formula is C6F11O6S3-. The van der Waals surface area contributed by atoms with E-state index in [1.807, 2.05) is 0 Å². The van der Waals surface area contributed by atoms with Crippen molar-refractivity contribution in [2.24, 2.45) is 0 Å². The summed E-state index contributed by atoms with van der Waals surface area (Å²) in [6.07, 6.45) is -7.39. The van der Waals surface area contributed by atoms with Crippen molar-refractivity contribution in [3.63, 3.8) is 0 Å². The Labute approximate surface area is 135 Å². The summed E-state index contributed by atoms with van der Waals surface area (Å²) in [5.74, 6) is -7.41. The number of halogens is 11. The Kier molecular flexibility index (Phi) is 4.55. The SMILES string of the molecule is O=S(=O)([C-]1S(=O)(=O)C(F)(F)C(F)(F)C(F)(F)S1(=O)=O)C(F)(F)C(F)(F)F. The van der Waals surface area contributed by atoms with E-state index in [1.165, 1.54) is 0 Å². The monoisotopic (exact) mass is 473 g/mol. The third-order valence-electron chi connectivity index (χ3n) is 2.73. The molecule has 0 unspecified atom stereocenters. The topological polar surface area (TPSA) is 102 Å². The van der Waals surface area contributed by atoms with Gasteiger partial charge in [-0.05, 0) is 0 Å². The third-order valence-corrected chi connectivity index (χ3v) is 10.8. The van der Waals surface area contributed by atoms with Gasteiger partial charge in [-0.15, -0.1) is 0 Å². The van der Waals surface area contributed by atoms with E-state index in [1.54, 1.807) is 0 Å². The van der Waals surface area contributed by atoms with Gasteiger partial charge in [0.2, 0.25) is 0 Å². The lowest BCUT2D eigenvalue weighted by atomic mass is 10.3. The summed E-state index contributed by atoms with van der Waals surface area (Å²) in [6, 6.07) is 0. The standard InChI is InChI=1S/C6F11O6S3/c7-2(8)4(12,13)24(18,19)1(25(20,21)5(2,14)15)26(22,23)6(16,17)3(9,10)11/q-1. The molecule has 26 heavy (non-hydrogen) atoms. The van der Waals surface area contributed by atoms with Gasteiger partial charge < -0.3 is 0 Å². The van der Waals surface area contributed by atoms with E-state index in [9.17, 15) is 73.5 Å². The van der Waals surface area contributed by atoms with Crippen molar-refractivity contribution < 1.29 is 73.5 Å². The smallest absolute Gasteiger partial charge is 0.254 e. The second-order valence-corrected chi connectivity index (χ2v) is 10.9. The minimum atomic E-state index is -8.44. The molecule has 0 N–H and O–H groups in total. The second kappa shape index (κ2) is 5.11. The van der Waals surface area contributed by atoms with Gasteiger partial charge in [0.1, 0.15) is 29.5 Å². The zero-order valence-electron chi connectivity index (χ0n) is 10.8. The van der Waals surface area contributed by atoms with E-state index >= 15 is 0 Å². The maximum atomic E-state index is 13.2. The molecule has 0 bridgehead atoms. The van der Waals surface area contributed by atoms with Crippen molar-refractivity contribution in [3.05, 3.63) is 3.91 Å². The molecule has 0 amide bonds. The molecule has 0 aromatic rings. The minimum absolute atomic E-state index is 4.78. The minimum Gasteiger partial charge on any atom is -0.254 e. The van der Waals surface area contributed by atoms with Crippen LogP contribution in [0.3, 0.4) is 0 Å². The molecule has 1 aliphatic rings. The molecule has 0 spiro atoms. The van der Waals surface area contributed by atoms with Crippen LogP contribution in [0.4, 0.5) is 48.3 Å². The highest BCUT2D eigenvalue weighted by Crippen LogP contribution is 2.62. The summed E-state index contributed by atoms with van der Waals surface area (Å²) in [7, 11) is -24.8. The molecule has 0 radical (unpaired) electrons. The van der Waals surface area contributed by atoms with Crippen molar-refractivity contribution >= 4 is 29.5 Å². The van der Waals surface area contributed by atoms with Crippen molar-refractivity contribution in [3.8, 4) is 0 Å². The van der Waals surface area contributed by atoms with Gasteiger partial charge in [-0.3, -0.25) is 25.3 Å². The Bertz CT molecular complexity index is 877. The average Bonchev–Trinajstić information content (AvgIpc) is 2.33. The van der Waals surface area contributed by atoms with Crippen LogP contribution in [0.5, 0.6) is 0 Å². The summed E-state index contributed by atoms with van der Waals surface area (Å²) in [4.78, 5) is 0. The lowest BCUT2D eigenvalue weighted by Gasteiger charge is -2.46. The highest BCUT2D eigenvalue weighted by atomic mass is 32.3. The fourth-order valence-electron chi connectivity index (χ4n) is 1.41. The van der Waals surface area contributed by atoms with Crippen LogP contribution in [0.1, 0.15) is 0 Å². The quantitative estimate of drug-likeness (QED) is 0.447. The normalized spacial score (nSPS) is 27.8. The third kappa shape index (κ3) is 2.23. The molecule has 1 aliphatic heterocycles. The van der Waals surface area contributed by atoms with Crippen molar-refractivity contribution in [1.82, 2.24) is 0 Å². The molecule has 1 heterocycles. The summed E-state index contributed by atoms with van der Waals surface area (Å²) >= 11 is 0. The molecule has 6 nitrogen and oxygen atoms in total. The fourth-order valence-corrected chi connectivity index (χ4v) is 8.69. The van der Waals surface area contributed by atoms with Gasteiger partial charge in [0.25, 0.3) is 0 Å². The van der Waals surface area contributed by atoms with Crippen LogP contribution in [-0.4, -0.2) is 53.1 Å². The molecule has 0 aliphatic carbocycles. The Morgan fingerprint density at radius 1 is 0.692 bits per heavy atom. The second-order valence-electron chi connectivity index (χ2n) is 4.38. The largest absolute Gasteiger partial charge is 0.466 e. The highest BCUT2D eigenvalue weighted by molar-refractivity contribution is 8.30. The summed E-state index contributed by atoms with van der Waals surface area (Å²) in [5, 5.41) is -22.3. The lowest BCUT2D eigenvalue weighted by molar-refractivity contribution is -0.245. The Morgan fingerprint density at radius 2 is 0.962 bits per heavy atom. The van der Waals surface area contributed by atoms with Gasteiger partial charge in [0.05, 0.1) is 3.91 Å². The van der Waals surface area contributed by atoms with Crippen LogP contribution in [0.25, 0.3) is 0 Å². The van der Waals surface area contributed by atoms with E-state index in [0.29, 0.717) is 0 Å². The van der Waals surface area contributed by atoms with E-state index < -0.39 is 61.3 Å². The van der Waals surface area contributed by atoms with Crippen LogP contribution in [0.15, 0.2) is 0 Å². The first-order valence-electron chi connectivity index (χ1n) is 5.05. The van der Waals surface area contributed by atoms with Gasteiger partial charge in [0, 0.05) is 0 Å². The molecule has 1 fully saturated rings. The molecule has 1 saturated heterocycles. The highest BCUT2D eigenvalue weighted by Gasteiger charge is 2.86. The molecule has 0 aromatic heterocycles. The van der Waals surface area contributed by atoms with Crippen molar-refractivity contribution in [1.29, 1.82) is 0 Å². The number of hydrogen-bond donors (Lipinski definition) is 0. The molecule has 20 heteroatoms. The first-order valence-corrected chi connectivity index (χ1v) is 9.50. The number of hydrogen-bond acceptors (Lipinski definition) is 6. The number of sulfone groups is 3. The zero-order chi connectivity index (χ0) is 21.6. The van der Waals surface area contributed by atoms with Gasteiger partial charge in [-0.2, -0.15) is 48.3 Å². The summed E-state index contributed by atoms with van der Waals surface area (Å²) in [6.45, 7) is 0. The van der Waals surface area contributed by atoms with Crippen LogP contribution in [0, 0.1) is 3.91 Å². The van der Waals surface area contributed by atoms with E-state index in [2.05, 4.69) is 0 Å². The average molecular weight is 473 g/mol. The zero-order valence-corrected chi connectivity index (χ0v) is 13.3. The van der Waals surface area contributed by atoms with Crippen LogP contribution in [-0.2, 0) is 29.5 Å². The molecular weight excluding hydrogens is 473 g/mol.